The molecule has 8 heteroatoms. The molecule has 0 saturated heterocycles. The van der Waals surface area contributed by atoms with E-state index in [1.165, 1.54) is 12.8 Å². The van der Waals surface area contributed by atoms with E-state index in [-0.39, 0.29) is 5.92 Å². The topological polar surface area (TPSA) is 80.7 Å². The van der Waals surface area contributed by atoms with Gasteiger partial charge in [-0.3, -0.25) is 4.55 Å². The number of carbonyl (C=O) groups is 1. The van der Waals surface area contributed by atoms with Crippen LogP contribution >= 0.6 is 0 Å². The number of carbonyl (C=O) groups excluding carboxylic acids is 1. The summed E-state index contributed by atoms with van der Waals surface area (Å²) < 4.78 is 61.2. The highest BCUT2D eigenvalue weighted by molar-refractivity contribution is 7.87. The van der Waals surface area contributed by atoms with E-state index in [1.807, 2.05) is 0 Å². The molecule has 7 atom stereocenters. The second kappa shape index (κ2) is 4.41. The molecule has 7 unspecified atom stereocenters. The first-order valence-corrected chi connectivity index (χ1v) is 9.20. The number of esters is 1. The Morgan fingerprint density at radius 2 is 1.68 bits per heavy atom. The minimum Gasteiger partial charge on any atom is -0.457 e. The Morgan fingerprint density at radius 3 is 2.32 bits per heavy atom. The van der Waals surface area contributed by atoms with Gasteiger partial charge in [0.1, 0.15) is 6.10 Å². The maximum absolute atomic E-state index is 13.3. The number of halogens is 2. The molecule has 0 amide bonds. The van der Waals surface area contributed by atoms with Gasteiger partial charge in [-0.15, -0.1) is 0 Å². The summed E-state index contributed by atoms with van der Waals surface area (Å²) in [4.78, 5) is 11.5. The van der Waals surface area contributed by atoms with Crippen molar-refractivity contribution >= 4 is 16.1 Å². The van der Waals surface area contributed by atoms with Gasteiger partial charge in [-0.2, -0.15) is 17.2 Å². The zero-order valence-electron chi connectivity index (χ0n) is 11.8. The number of hydrogen-bond acceptors (Lipinski definition) is 4. The molecule has 0 aromatic carbocycles. The third kappa shape index (κ3) is 1.82. The Hall–Kier alpha value is -0.760. The van der Waals surface area contributed by atoms with E-state index in [0.717, 1.165) is 18.8 Å². The maximum Gasteiger partial charge on any atom is 0.465 e. The molecule has 4 bridgehead atoms. The molecule has 0 spiro atoms. The van der Waals surface area contributed by atoms with Crippen LogP contribution in [0, 0.1) is 35.5 Å². The predicted molar refractivity (Wildman–Crippen MR) is 70.4 cm³/mol. The van der Waals surface area contributed by atoms with Crippen molar-refractivity contribution in [2.75, 3.05) is 0 Å². The van der Waals surface area contributed by atoms with E-state index < -0.39 is 27.4 Å². The van der Waals surface area contributed by atoms with Gasteiger partial charge < -0.3 is 4.74 Å². The van der Waals surface area contributed by atoms with E-state index >= 15 is 0 Å². The van der Waals surface area contributed by atoms with Crippen molar-refractivity contribution in [3.63, 3.8) is 0 Å². The maximum atomic E-state index is 13.3. The summed E-state index contributed by atoms with van der Waals surface area (Å²) in [5.74, 6) is 0.756. The lowest BCUT2D eigenvalue weighted by atomic mass is 9.70. The van der Waals surface area contributed by atoms with Crippen LogP contribution in [-0.4, -0.2) is 30.3 Å². The first kappa shape index (κ1) is 14.8. The van der Waals surface area contributed by atoms with Crippen LogP contribution in [0.5, 0.6) is 0 Å². The summed E-state index contributed by atoms with van der Waals surface area (Å²) >= 11 is 0. The SMILES string of the molecule is O=C(OC1CC2CC1C1C3CCC(C3)C21)C(F)(F)S(=O)(=O)O. The number of fused-ring (bicyclic) bond motifs is 9. The Labute approximate surface area is 127 Å². The fraction of sp³-hybridized carbons (Fsp3) is 0.929. The lowest BCUT2D eigenvalue weighted by molar-refractivity contribution is -0.171. The van der Waals surface area contributed by atoms with E-state index in [2.05, 4.69) is 0 Å². The Balaban J connectivity index is 1.49. The first-order valence-electron chi connectivity index (χ1n) is 7.76. The van der Waals surface area contributed by atoms with Crippen LogP contribution < -0.4 is 0 Å². The lowest BCUT2D eigenvalue weighted by Gasteiger charge is -2.38. The fourth-order valence-corrected chi connectivity index (χ4v) is 6.21. The quantitative estimate of drug-likeness (QED) is 0.485. The number of ether oxygens (including phenoxy) is 1. The highest BCUT2D eigenvalue weighted by atomic mass is 32.2. The third-order valence-electron chi connectivity index (χ3n) is 6.49. The average Bonchev–Trinajstić information content (AvgIpc) is 3.15. The molecule has 4 fully saturated rings. The Bertz CT molecular complexity index is 619. The average molecular weight is 336 g/mol. The molecule has 4 aliphatic carbocycles. The van der Waals surface area contributed by atoms with E-state index in [4.69, 9.17) is 9.29 Å². The highest BCUT2D eigenvalue weighted by Crippen LogP contribution is 2.67. The van der Waals surface area contributed by atoms with Gasteiger partial charge in [0, 0.05) is 0 Å². The van der Waals surface area contributed by atoms with Gasteiger partial charge >= 0.3 is 21.3 Å². The normalized spacial score (nSPS) is 46.0. The van der Waals surface area contributed by atoms with Crippen molar-refractivity contribution in [1.29, 1.82) is 0 Å². The minimum atomic E-state index is -5.79. The summed E-state index contributed by atoms with van der Waals surface area (Å²) in [6.45, 7) is 0. The highest BCUT2D eigenvalue weighted by Gasteiger charge is 2.64. The Morgan fingerprint density at radius 1 is 1.05 bits per heavy atom. The molecular formula is C14H18F2O5S. The molecule has 22 heavy (non-hydrogen) atoms. The summed E-state index contributed by atoms with van der Waals surface area (Å²) in [6, 6.07) is 0. The van der Waals surface area contributed by atoms with Gasteiger partial charge in [-0.25, -0.2) is 4.79 Å². The van der Waals surface area contributed by atoms with Crippen molar-refractivity contribution in [3.05, 3.63) is 0 Å². The smallest absolute Gasteiger partial charge is 0.457 e. The van der Waals surface area contributed by atoms with Gasteiger partial charge in [0.25, 0.3) is 0 Å². The second-order valence-corrected chi connectivity index (χ2v) is 8.78. The third-order valence-corrected chi connectivity index (χ3v) is 7.31. The van der Waals surface area contributed by atoms with Crippen molar-refractivity contribution in [3.8, 4) is 0 Å². The molecule has 4 rings (SSSR count). The minimum absolute atomic E-state index is 0.0754. The molecular weight excluding hydrogens is 318 g/mol. The fourth-order valence-electron chi connectivity index (χ4n) is 5.95. The molecule has 0 aromatic rings. The molecule has 0 radical (unpaired) electrons. The van der Waals surface area contributed by atoms with Crippen LogP contribution in [0.1, 0.15) is 32.1 Å². The molecule has 1 N–H and O–H groups in total. The van der Waals surface area contributed by atoms with Crippen LogP contribution in [0.4, 0.5) is 8.78 Å². The van der Waals surface area contributed by atoms with Crippen molar-refractivity contribution < 1.29 is 31.3 Å². The number of hydrogen-bond donors (Lipinski definition) is 1. The summed E-state index contributed by atoms with van der Waals surface area (Å²) in [5.41, 5.74) is 0. The van der Waals surface area contributed by atoms with Crippen LogP contribution in [-0.2, 0) is 19.6 Å². The number of alkyl halides is 2. The molecule has 0 aliphatic heterocycles. The first-order chi connectivity index (χ1) is 10.2. The number of rotatable bonds is 3. The van der Waals surface area contributed by atoms with Gasteiger partial charge in [0.05, 0.1) is 0 Å². The summed E-state index contributed by atoms with van der Waals surface area (Å²) in [7, 11) is -5.79. The summed E-state index contributed by atoms with van der Waals surface area (Å²) in [6.07, 6.45) is 4.41. The molecule has 0 heterocycles. The predicted octanol–water partition coefficient (Wildman–Crippen LogP) is 2.08. The van der Waals surface area contributed by atoms with E-state index in [0.29, 0.717) is 30.1 Å². The van der Waals surface area contributed by atoms with Crippen molar-refractivity contribution in [1.82, 2.24) is 0 Å². The molecule has 5 nitrogen and oxygen atoms in total. The summed E-state index contributed by atoms with van der Waals surface area (Å²) in [5, 5.41) is -4.89. The lowest BCUT2D eigenvalue weighted by Crippen LogP contribution is -2.44. The van der Waals surface area contributed by atoms with Gasteiger partial charge in [-0.1, -0.05) is 0 Å². The van der Waals surface area contributed by atoms with Gasteiger partial charge in [0.2, 0.25) is 0 Å². The van der Waals surface area contributed by atoms with E-state index in [1.54, 1.807) is 0 Å². The van der Waals surface area contributed by atoms with Crippen LogP contribution in [0.2, 0.25) is 0 Å². The monoisotopic (exact) mass is 336 g/mol. The van der Waals surface area contributed by atoms with Gasteiger partial charge in [0.15, 0.2) is 0 Å². The largest absolute Gasteiger partial charge is 0.465 e. The molecule has 4 aliphatic rings. The molecule has 4 saturated carbocycles. The molecule has 0 aromatic heterocycles. The molecule has 124 valence electrons. The zero-order valence-corrected chi connectivity index (χ0v) is 12.6. The van der Waals surface area contributed by atoms with Crippen molar-refractivity contribution in [2.45, 2.75) is 43.5 Å². The van der Waals surface area contributed by atoms with E-state index in [9.17, 15) is 22.0 Å². The van der Waals surface area contributed by atoms with Crippen LogP contribution in [0.25, 0.3) is 0 Å². The van der Waals surface area contributed by atoms with Crippen molar-refractivity contribution in [2.24, 2.45) is 35.5 Å². The Kier molecular flexibility index (Phi) is 2.97. The van der Waals surface area contributed by atoms with Crippen LogP contribution in [0.3, 0.4) is 0 Å². The van der Waals surface area contributed by atoms with Gasteiger partial charge in [-0.05, 0) is 67.6 Å². The zero-order chi connectivity index (χ0) is 15.9. The standard InChI is InChI=1S/C14H18F2O5S/c15-14(16,22(18,19)20)13(17)21-10-5-8-4-9(10)12-7-2-1-6(3-7)11(8)12/h6-12H,1-5H2,(H,18,19,20). The van der Waals surface area contributed by atoms with Crippen LogP contribution in [0.15, 0.2) is 0 Å². The second-order valence-electron chi connectivity index (χ2n) is 7.32.